The first-order chi connectivity index (χ1) is 11.9. The Morgan fingerprint density at radius 2 is 2.08 bits per heavy atom. The van der Waals surface area contributed by atoms with E-state index < -0.39 is 6.10 Å². The summed E-state index contributed by atoms with van der Waals surface area (Å²) >= 11 is 0. The summed E-state index contributed by atoms with van der Waals surface area (Å²) in [6, 6.07) is 3.94. The predicted molar refractivity (Wildman–Crippen MR) is 104 cm³/mol. The lowest BCUT2D eigenvalue weighted by Gasteiger charge is -2.17. The number of nitrogens with one attached hydrogen (secondary N) is 1. The molecule has 1 aromatic heterocycles. The number of carbonyl (C=O) groups excluding carboxylic acids is 1. The summed E-state index contributed by atoms with van der Waals surface area (Å²) in [5, 5.41) is 14.2. The van der Waals surface area contributed by atoms with E-state index in [9.17, 15) is 9.90 Å². The normalized spacial score (nSPS) is 13.2. The first-order valence-electron chi connectivity index (χ1n) is 8.54. The molecular weight excluding hydrogens is 358 g/mol. The Labute approximate surface area is 160 Å². The van der Waals surface area contributed by atoms with Gasteiger partial charge in [0.05, 0.1) is 7.11 Å². The molecule has 2 atom stereocenters. The topological polar surface area (TPSA) is 80.9 Å². The van der Waals surface area contributed by atoms with Crippen molar-refractivity contribution >= 4 is 29.2 Å². The van der Waals surface area contributed by atoms with Crippen LogP contribution in [-0.2, 0) is 0 Å². The molecule has 0 aliphatic heterocycles. The zero-order valence-corrected chi connectivity index (χ0v) is 16.7. The largest absolute Gasteiger partial charge is 0.493 e. The van der Waals surface area contributed by atoms with E-state index in [1.165, 1.54) is 14.0 Å². The molecule has 0 aliphatic carbocycles. The second kappa shape index (κ2) is 9.80. The number of fused-ring (bicyclic) bond motifs is 1. The van der Waals surface area contributed by atoms with Crippen molar-refractivity contribution in [2.75, 3.05) is 20.3 Å². The number of aliphatic hydroxyl groups excluding tert-OH is 1. The van der Waals surface area contributed by atoms with Crippen molar-refractivity contribution < 1.29 is 23.8 Å². The minimum atomic E-state index is -0.669. The van der Waals surface area contributed by atoms with Crippen LogP contribution in [-0.4, -0.2) is 43.3 Å². The maximum absolute atomic E-state index is 11.7. The summed E-state index contributed by atoms with van der Waals surface area (Å²) in [5.41, 5.74) is 1.23. The van der Waals surface area contributed by atoms with E-state index in [4.69, 9.17) is 13.9 Å². The predicted octanol–water partition coefficient (Wildman–Crippen LogP) is 3.50. The van der Waals surface area contributed by atoms with Crippen LogP contribution in [0, 0.1) is 6.92 Å². The summed E-state index contributed by atoms with van der Waals surface area (Å²) in [4.78, 5) is 11.7. The van der Waals surface area contributed by atoms with Crippen molar-refractivity contribution in [3.8, 4) is 11.5 Å². The Balaban J connectivity index is 0.00000338. The fraction of sp³-hybridized carbons (Fsp3) is 0.526. The molecule has 0 amide bonds. The molecule has 2 N–H and O–H groups in total. The molecule has 1 heterocycles. The van der Waals surface area contributed by atoms with E-state index in [1.807, 2.05) is 13.0 Å². The second-order valence-corrected chi connectivity index (χ2v) is 6.27. The molecule has 146 valence electrons. The van der Waals surface area contributed by atoms with Crippen molar-refractivity contribution in [1.82, 2.24) is 5.32 Å². The monoisotopic (exact) mass is 385 g/mol. The molecule has 0 saturated heterocycles. The van der Waals surface area contributed by atoms with Crippen LogP contribution in [0.2, 0.25) is 0 Å². The second-order valence-electron chi connectivity index (χ2n) is 6.27. The summed E-state index contributed by atoms with van der Waals surface area (Å²) in [7, 11) is 1.54. The molecule has 0 radical (unpaired) electrons. The molecule has 1 aromatic carbocycles. The number of aliphatic hydroxyl groups is 1. The number of carbonyl (C=O) groups is 1. The van der Waals surface area contributed by atoms with Gasteiger partial charge < -0.3 is 24.3 Å². The number of rotatable bonds is 9. The Bertz CT molecular complexity index is 743. The van der Waals surface area contributed by atoms with Crippen LogP contribution in [0.3, 0.4) is 0 Å². The van der Waals surface area contributed by atoms with E-state index in [0.717, 1.165) is 17.4 Å². The SMILES string of the molecule is CCC(C)NCC(O)COc1c(OC)ccc2c(C)c(C(C)=O)oc12.Cl. The average Bonchev–Trinajstić information content (AvgIpc) is 2.94. The first-order valence-corrected chi connectivity index (χ1v) is 8.54. The van der Waals surface area contributed by atoms with Crippen LogP contribution in [0.25, 0.3) is 11.0 Å². The summed E-state index contributed by atoms with van der Waals surface area (Å²) in [5.74, 6) is 1.07. The summed E-state index contributed by atoms with van der Waals surface area (Å²) in [6.45, 7) is 7.97. The van der Waals surface area contributed by atoms with Gasteiger partial charge in [-0.15, -0.1) is 12.4 Å². The van der Waals surface area contributed by atoms with Gasteiger partial charge in [0.2, 0.25) is 5.75 Å². The van der Waals surface area contributed by atoms with Gasteiger partial charge in [0, 0.05) is 30.5 Å². The van der Waals surface area contributed by atoms with Gasteiger partial charge in [-0.3, -0.25) is 4.79 Å². The van der Waals surface area contributed by atoms with E-state index in [0.29, 0.717) is 35.4 Å². The molecule has 0 spiro atoms. The van der Waals surface area contributed by atoms with Gasteiger partial charge in [-0.2, -0.15) is 0 Å². The highest BCUT2D eigenvalue weighted by atomic mass is 35.5. The van der Waals surface area contributed by atoms with Crippen LogP contribution >= 0.6 is 12.4 Å². The quantitative estimate of drug-likeness (QED) is 0.643. The van der Waals surface area contributed by atoms with Crippen molar-refractivity contribution in [2.45, 2.75) is 46.3 Å². The maximum Gasteiger partial charge on any atom is 0.204 e. The molecule has 2 aromatic rings. The number of furan rings is 1. The van der Waals surface area contributed by atoms with Crippen molar-refractivity contribution in [3.63, 3.8) is 0 Å². The lowest BCUT2D eigenvalue weighted by molar-refractivity contribution is 0.0981. The Kier molecular flexibility index (Phi) is 8.40. The highest BCUT2D eigenvalue weighted by Gasteiger charge is 2.21. The van der Waals surface area contributed by atoms with Crippen LogP contribution in [0.1, 0.15) is 43.3 Å². The summed E-state index contributed by atoms with van der Waals surface area (Å²) in [6.07, 6.45) is 0.317. The van der Waals surface area contributed by atoms with Gasteiger partial charge in [0.25, 0.3) is 0 Å². The number of hydrogen-bond donors (Lipinski definition) is 2. The van der Waals surface area contributed by atoms with E-state index in [1.54, 1.807) is 6.07 Å². The van der Waals surface area contributed by atoms with Gasteiger partial charge in [-0.05, 0) is 32.4 Å². The zero-order chi connectivity index (χ0) is 18.6. The van der Waals surface area contributed by atoms with Crippen LogP contribution < -0.4 is 14.8 Å². The van der Waals surface area contributed by atoms with Crippen LogP contribution in [0.4, 0.5) is 0 Å². The van der Waals surface area contributed by atoms with Crippen LogP contribution in [0.5, 0.6) is 11.5 Å². The van der Waals surface area contributed by atoms with Crippen LogP contribution in [0.15, 0.2) is 16.5 Å². The molecule has 2 rings (SSSR count). The molecule has 0 saturated carbocycles. The van der Waals surface area contributed by atoms with Gasteiger partial charge in [-0.25, -0.2) is 0 Å². The lowest BCUT2D eigenvalue weighted by atomic mass is 10.1. The third-order valence-electron chi connectivity index (χ3n) is 4.30. The maximum atomic E-state index is 11.7. The number of methoxy groups -OCH3 is 1. The van der Waals surface area contributed by atoms with Gasteiger partial charge in [-0.1, -0.05) is 6.92 Å². The number of benzene rings is 1. The fourth-order valence-corrected chi connectivity index (χ4v) is 2.60. The van der Waals surface area contributed by atoms with Crippen molar-refractivity contribution in [2.24, 2.45) is 0 Å². The Morgan fingerprint density at radius 3 is 2.65 bits per heavy atom. The number of aryl methyl sites for hydroxylation is 1. The lowest BCUT2D eigenvalue weighted by Crippen LogP contribution is -2.36. The highest BCUT2D eigenvalue weighted by Crippen LogP contribution is 2.39. The molecule has 7 heteroatoms. The number of halogens is 1. The summed E-state index contributed by atoms with van der Waals surface area (Å²) < 4.78 is 16.9. The Morgan fingerprint density at radius 1 is 1.38 bits per heavy atom. The molecule has 26 heavy (non-hydrogen) atoms. The average molecular weight is 386 g/mol. The first kappa shape index (κ1) is 22.3. The number of ketones is 1. The molecular formula is C19H28ClNO5. The van der Waals surface area contributed by atoms with E-state index in [-0.39, 0.29) is 24.8 Å². The third kappa shape index (κ3) is 4.90. The third-order valence-corrected chi connectivity index (χ3v) is 4.30. The van der Waals surface area contributed by atoms with Crippen molar-refractivity contribution in [3.05, 3.63) is 23.5 Å². The zero-order valence-electron chi connectivity index (χ0n) is 15.9. The fourth-order valence-electron chi connectivity index (χ4n) is 2.60. The highest BCUT2D eigenvalue weighted by molar-refractivity contribution is 6.00. The Hall–Kier alpha value is -1.76. The number of hydrogen-bond acceptors (Lipinski definition) is 6. The molecule has 0 aliphatic rings. The molecule has 0 bridgehead atoms. The molecule has 6 nitrogen and oxygen atoms in total. The number of Topliss-reactive ketones (excluding diaryl/α,β-unsaturated/α-hetero) is 1. The van der Waals surface area contributed by atoms with Gasteiger partial charge in [0.15, 0.2) is 22.9 Å². The van der Waals surface area contributed by atoms with E-state index in [2.05, 4.69) is 19.2 Å². The van der Waals surface area contributed by atoms with Gasteiger partial charge in [0.1, 0.15) is 12.7 Å². The molecule has 0 fully saturated rings. The number of ether oxygens (including phenoxy) is 2. The van der Waals surface area contributed by atoms with Gasteiger partial charge >= 0.3 is 0 Å². The smallest absolute Gasteiger partial charge is 0.204 e. The minimum absolute atomic E-state index is 0. The molecule has 2 unspecified atom stereocenters. The minimum Gasteiger partial charge on any atom is -0.493 e. The standard InChI is InChI=1S/C19H27NO5.ClH/c1-6-11(2)20-9-14(22)10-24-19-16(23-5)8-7-15-12(3)17(13(4)21)25-18(15)19;/h7-8,11,14,20,22H,6,9-10H2,1-5H3;1H. The van der Waals surface area contributed by atoms with E-state index >= 15 is 0 Å². The van der Waals surface area contributed by atoms with Crippen molar-refractivity contribution in [1.29, 1.82) is 0 Å².